The predicted molar refractivity (Wildman–Crippen MR) is 73.6 cm³/mol. The lowest BCUT2D eigenvalue weighted by Crippen LogP contribution is -1.89. The van der Waals surface area contributed by atoms with Crippen molar-refractivity contribution < 1.29 is 4.92 Å². The van der Waals surface area contributed by atoms with Crippen molar-refractivity contribution in [1.29, 1.82) is 0 Å². The van der Waals surface area contributed by atoms with Gasteiger partial charge in [-0.1, -0.05) is 21.9 Å². The highest BCUT2D eigenvalue weighted by molar-refractivity contribution is 9.10. The Morgan fingerprint density at radius 2 is 2.17 bits per heavy atom. The molecule has 0 amide bonds. The van der Waals surface area contributed by atoms with E-state index in [4.69, 9.17) is 0 Å². The molecule has 1 aromatic carbocycles. The highest BCUT2D eigenvalue weighted by atomic mass is 79.9. The summed E-state index contributed by atoms with van der Waals surface area (Å²) in [4.78, 5) is 14.5. The lowest BCUT2D eigenvalue weighted by atomic mass is 10.2. The van der Waals surface area contributed by atoms with E-state index in [9.17, 15) is 10.1 Å². The zero-order valence-electron chi connectivity index (χ0n) is 9.31. The van der Waals surface area contributed by atoms with E-state index in [1.807, 2.05) is 12.3 Å². The fourth-order valence-corrected chi connectivity index (χ4v) is 2.33. The lowest BCUT2D eigenvalue weighted by Gasteiger charge is -1.94. The van der Waals surface area contributed by atoms with E-state index >= 15 is 0 Å². The van der Waals surface area contributed by atoms with Gasteiger partial charge in [0.1, 0.15) is 5.69 Å². The van der Waals surface area contributed by atoms with Gasteiger partial charge in [0.2, 0.25) is 0 Å². The Hall–Kier alpha value is -1.71. The van der Waals surface area contributed by atoms with Gasteiger partial charge in [-0.15, -0.1) is 11.3 Å². The smallest absolute Gasteiger partial charge is 0.258 e. The van der Waals surface area contributed by atoms with Gasteiger partial charge in [-0.25, -0.2) is 4.98 Å². The molecule has 90 valence electrons. The van der Waals surface area contributed by atoms with Gasteiger partial charge in [0, 0.05) is 27.5 Å². The summed E-state index contributed by atoms with van der Waals surface area (Å²) in [7, 11) is 0. The van der Waals surface area contributed by atoms with Crippen LogP contribution in [-0.2, 0) is 0 Å². The topological polar surface area (TPSA) is 56.0 Å². The maximum Gasteiger partial charge on any atom is 0.271 e. The number of benzene rings is 1. The van der Waals surface area contributed by atoms with Crippen molar-refractivity contribution in [2.24, 2.45) is 0 Å². The van der Waals surface area contributed by atoms with E-state index in [1.54, 1.807) is 6.07 Å². The molecule has 1 heterocycles. The maximum absolute atomic E-state index is 10.7. The Morgan fingerprint density at radius 1 is 1.39 bits per heavy atom. The molecule has 0 spiro atoms. The van der Waals surface area contributed by atoms with Crippen LogP contribution in [0.5, 0.6) is 0 Å². The number of halogens is 1. The van der Waals surface area contributed by atoms with E-state index in [0.29, 0.717) is 15.7 Å². The van der Waals surface area contributed by atoms with Crippen molar-refractivity contribution in [2.45, 2.75) is 6.92 Å². The lowest BCUT2D eigenvalue weighted by molar-refractivity contribution is -0.384. The number of nitro groups is 1. The summed E-state index contributed by atoms with van der Waals surface area (Å²) in [5, 5.41) is 13.5. The molecule has 0 N–H and O–H groups in total. The molecule has 2 rings (SSSR count). The minimum Gasteiger partial charge on any atom is -0.258 e. The Morgan fingerprint density at radius 3 is 2.78 bits per heavy atom. The molecule has 0 fully saturated rings. The van der Waals surface area contributed by atoms with E-state index in [0.717, 1.165) is 5.01 Å². The zero-order chi connectivity index (χ0) is 13.1. The van der Waals surface area contributed by atoms with Crippen LogP contribution in [0.3, 0.4) is 0 Å². The summed E-state index contributed by atoms with van der Waals surface area (Å²) in [5.41, 5.74) is 1.28. The quantitative estimate of drug-likeness (QED) is 0.458. The van der Waals surface area contributed by atoms with Crippen LogP contribution < -0.4 is 0 Å². The molecule has 18 heavy (non-hydrogen) atoms. The Balaban J connectivity index is 2.35. The van der Waals surface area contributed by atoms with Crippen molar-refractivity contribution in [1.82, 2.24) is 4.98 Å². The molecule has 1 aromatic heterocycles. The number of hydrogen-bond acceptors (Lipinski definition) is 4. The van der Waals surface area contributed by atoms with Gasteiger partial charge < -0.3 is 0 Å². The summed E-state index contributed by atoms with van der Waals surface area (Å²) in [6.07, 6.45) is 0. The summed E-state index contributed by atoms with van der Waals surface area (Å²) in [6.45, 7) is 1.90. The second-order valence-electron chi connectivity index (χ2n) is 3.46. The fourth-order valence-electron chi connectivity index (χ4n) is 1.31. The summed E-state index contributed by atoms with van der Waals surface area (Å²) in [6, 6.07) is 4.62. The number of aryl methyl sites for hydroxylation is 1. The van der Waals surface area contributed by atoms with Gasteiger partial charge in [0.15, 0.2) is 0 Å². The first kappa shape index (κ1) is 12.7. The van der Waals surface area contributed by atoms with Crippen LogP contribution in [-0.4, -0.2) is 9.91 Å². The van der Waals surface area contributed by atoms with Crippen LogP contribution in [0.1, 0.15) is 16.3 Å². The molecule has 0 aliphatic carbocycles. The van der Waals surface area contributed by atoms with Crippen LogP contribution in [0.4, 0.5) is 5.69 Å². The second-order valence-corrected chi connectivity index (χ2v) is 5.43. The van der Waals surface area contributed by atoms with Crippen LogP contribution in [0, 0.1) is 28.9 Å². The van der Waals surface area contributed by atoms with Gasteiger partial charge in [0.05, 0.1) is 9.93 Å². The Labute approximate surface area is 116 Å². The molecule has 0 aliphatic heterocycles. The normalized spacial score (nSPS) is 9.67. The SMILES string of the molecule is Cc1nc(C#Cc2cc(Br)cc([N+](=O)[O-])c2)cs1. The highest BCUT2D eigenvalue weighted by Crippen LogP contribution is 2.20. The van der Waals surface area contributed by atoms with Gasteiger partial charge >= 0.3 is 0 Å². The number of hydrogen-bond donors (Lipinski definition) is 0. The van der Waals surface area contributed by atoms with Crippen molar-refractivity contribution in [2.75, 3.05) is 0 Å². The van der Waals surface area contributed by atoms with Crippen LogP contribution in [0.15, 0.2) is 28.1 Å². The largest absolute Gasteiger partial charge is 0.271 e. The third kappa shape index (κ3) is 3.15. The molecular formula is C12H7BrN2O2S. The second kappa shape index (κ2) is 5.29. The molecule has 0 radical (unpaired) electrons. The van der Waals surface area contributed by atoms with E-state index < -0.39 is 4.92 Å². The summed E-state index contributed by atoms with van der Waals surface area (Å²) >= 11 is 4.75. The number of nitro benzene ring substituents is 1. The minimum absolute atomic E-state index is 0.0168. The minimum atomic E-state index is -0.442. The zero-order valence-corrected chi connectivity index (χ0v) is 11.7. The van der Waals surface area contributed by atoms with Crippen LogP contribution in [0.25, 0.3) is 0 Å². The number of nitrogens with zero attached hydrogens (tertiary/aromatic N) is 2. The monoisotopic (exact) mass is 322 g/mol. The van der Waals surface area contributed by atoms with Crippen LogP contribution in [0.2, 0.25) is 0 Å². The van der Waals surface area contributed by atoms with E-state index in [2.05, 4.69) is 32.8 Å². The molecule has 0 atom stereocenters. The third-order valence-corrected chi connectivity index (χ3v) is 3.28. The molecule has 0 unspecified atom stereocenters. The maximum atomic E-state index is 10.7. The highest BCUT2D eigenvalue weighted by Gasteiger charge is 2.07. The van der Waals surface area contributed by atoms with E-state index in [1.165, 1.54) is 23.5 Å². The summed E-state index contributed by atoms with van der Waals surface area (Å²) < 4.78 is 0.635. The van der Waals surface area contributed by atoms with Crippen molar-refractivity contribution in [3.8, 4) is 11.8 Å². The predicted octanol–water partition coefficient (Wildman–Crippen LogP) is 3.52. The third-order valence-electron chi connectivity index (χ3n) is 2.05. The first-order valence-corrected chi connectivity index (χ1v) is 6.61. The molecule has 0 saturated carbocycles. The molecular weight excluding hydrogens is 316 g/mol. The molecule has 0 bridgehead atoms. The Bertz CT molecular complexity index is 670. The van der Waals surface area contributed by atoms with Crippen molar-refractivity contribution >= 4 is 33.0 Å². The molecule has 4 nitrogen and oxygen atoms in total. The first-order valence-electron chi connectivity index (χ1n) is 4.94. The van der Waals surface area contributed by atoms with E-state index in [-0.39, 0.29) is 5.69 Å². The van der Waals surface area contributed by atoms with Gasteiger partial charge in [0.25, 0.3) is 5.69 Å². The molecule has 0 aliphatic rings. The number of aromatic nitrogens is 1. The average molecular weight is 323 g/mol. The number of rotatable bonds is 1. The van der Waals surface area contributed by atoms with Gasteiger partial charge in [-0.3, -0.25) is 10.1 Å². The van der Waals surface area contributed by atoms with Gasteiger partial charge in [-0.05, 0) is 18.9 Å². The summed E-state index contributed by atoms with van der Waals surface area (Å²) in [5.74, 6) is 5.75. The standard InChI is InChI=1S/C12H7BrN2O2S/c1-8-14-11(7-18-8)3-2-9-4-10(13)6-12(5-9)15(16)17/h4-7H,1H3. The van der Waals surface area contributed by atoms with Crippen LogP contribution >= 0.6 is 27.3 Å². The molecule has 0 saturated heterocycles. The molecule has 6 heteroatoms. The fraction of sp³-hybridized carbons (Fsp3) is 0.0833. The number of thiazole rings is 1. The van der Waals surface area contributed by atoms with Crippen molar-refractivity contribution in [3.63, 3.8) is 0 Å². The van der Waals surface area contributed by atoms with Crippen molar-refractivity contribution in [3.05, 3.63) is 54.4 Å². The Kier molecular flexibility index (Phi) is 3.75. The van der Waals surface area contributed by atoms with Gasteiger partial charge in [-0.2, -0.15) is 0 Å². The average Bonchev–Trinajstić information content (AvgIpc) is 2.72. The first-order chi connectivity index (χ1) is 8.54. The number of non-ortho nitro benzene ring substituents is 1. The molecule has 2 aromatic rings.